The van der Waals surface area contributed by atoms with Crippen LogP contribution >= 0.6 is 0 Å². The van der Waals surface area contributed by atoms with Crippen molar-refractivity contribution in [2.45, 2.75) is 25.7 Å². The van der Waals surface area contributed by atoms with E-state index >= 15 is 0 Å². The number of pyridine rings is 1. The van der Waals surface area contributed by atoms with Crippen molar-refractivity contribution in [3.63, 3.8) is 0 Å². The Labute approximate surface area is 123 Å². The van der Waals surface area contributed by atoms with E-state index in [1.165, 1.54) is 19.3 Å². The number of nitrogens with zero attached hydrogens (tertiary/aromatic N) is 2. The smallest absolute Gasteiger partial charge is 0.175 e. The van der Waals surface area contributed by atoms with Gasteiger partial charge in [0.05, 0.1) is 17.7 Å². The Morgan fingerprint density at radius 2 is 2.19 bits per heavy atom. The van der Waals surface area contributed by atoms with Gasteiger partial charge in [-0.05, 0) is 24.5 Å². The van der Waals surface area contributed by atoms with Crippen LogP contribution in [0.5, 0.6) is 5.75 Å². The van der Waals surface area contributed by atoms with Crippen molar-refractivity contribution in [2.24, 2.45) is 16.8 Å². The third kappa shape index (κ3) is 2.77. The van der Waals surface area contributed by atoms with Crippen LogP contribution in [0, 0.1) is 5.92 Å². The molecular formula is C16H19N3O2. The molecule has 0 saturated heterocycles. The molecule has 5 nitrogen and oxygen atoms in total. The van der Waals surface area contributed by atoms with Gasteiger partial charge in [0.15, 0.2) is 5.84 Å². The Morgan fingerprint density at radius 1 is 1.38 bits per heavy atom. The predicted molar refractivity (Wildman–Crippen MR) is 81.7 cm³/mol. The van der Waals surface area contributed by atoms with Crippen LogP contribution in [0.1, 0.15) is 31.2 Å². The molecule has 21 heavy (non-hydrogen) atoms. The van der Waals surface area contributed by atoms with Crippen LogP contribution in [-0.4, -0.2) is 22.6 Å². The van der Waals surface area contributed by atoms with Crippen molar-refractivity contribution < 1.29 is 9.94 Å². The number of ether oxygens (including phenoxy) is 1. The van der Waals surface area contributed by atoms with E-state index in [9.17, 15) is 0 Å². The third-order valence-electron chi connectivity index (χ3n) is 4.11. The zero-order chi connectivity index (χ0) is 14.7. The minimum Gasteiger partial charge on any atom is -0.492 e. The van der Waals surface area contributed by atoms with Crippen LogP contribution in [0.4, 0.5) is 0 Å². The first-order chi connectivity index (χ1) is 10.3. The van der Waals surface area contributed by atoms with Crippen molar-refractivity contribution in [2.75, 3.05) is 6.61 Å². The van der Waals surface area contributed by atoms with Crippen molar-refractivity contribution in [1.82, 2.24) is 4.98 Å². The quantitative estimate of drug-likeness (QED) is 0.383. The number of aromatic nitrogens is 1. The molecule has 0 aliphatic heterocycles. The zero-order valence-corrected chi connectivity index (χ0v) is 11.8. The van der Waals surface area contributed by atoms with E-state index in [1.807, 2.05) is 24.3 Å². The normalized spacial score (nSPS) is 15.9. The predicted octanol–water partition coefficient (Wildman–Crippen LogP) is 2.90. The molecule has 1 fully saturated rings. The highest BCUT2D eigenvalue weighted by Crippen LogP contribution is 2.31. The Hall–Kier alpha value is -2.30. The van der Waals surface area contributed by atoms with Crippen molar-refractivity contribution in [1.29, 1.82) is 0 Å². The van der Waals surface area contributed by atoms with Crippen LogP contribution in [0.3, 0.4) is 0 Å². The van der Waals surface area contributed by atoms with Crippen molar-refractivity contribution >= 4 is 16.7 Å². The van der Waals surface area contributed by atoms with Gasteiger partial charge in [0.25, 0.3) is 0 Å². The van der Waals surface area contributed by atoms with E-state index in [0.29, 0.717) is 17.9 Å². The highest BCUT2D eigenvalue weighted by atomic mass is 16.5. The number of benzene rings is 1. The van der Waals surface area contributed by atoms with Crippen LogP contribution in [0.2, 0.25) is 0 Å². The third-order valence-corrected chi connectivity index (χ3v) is 4.11. The summed E-state index contributed by atoms with van der Waals surface area (Å²) < 4.78 is 5.97. The molecule has 0 unspecified atom stereocenters. The minimum absolute atomic E-state index is 0.0203. The summed E-state index contributed by atoms with van der Waals surface area (Å²) in [5.74, 6) is 1.45. The Kier molecular flexibility index (Phi) is 3.90. The first kappa shape index (κ1) is 13.7. The zero-order valence-electron chi connectivity index (χ0n) is 11.8. The summed E-state index contributed by atoms with van der Waals surface area (Å²) in [5.41, 5.74) is 7.11. The lowest BCUT2D eigenvalue weighted by atomic mass is 9.83. The molecule has 1 aliphatic carbocycles. The molecule has 0 spiro atoms. The van der Waals surface area contributed by atoms with E-state index in [-0.39, 0.29) is 5.84 Å². The Bertz CT molecular complexity index is 666. The molecule has 1 aliphatic rings. The van der Waals surface area contributed by atoms with E-state index in [2.05, 4.69) is 10.1 Å². The van der Waals surface area contributed by atoms with Crippen LogP contribution < -0.4 is 10.5 Å². The Morgan fingerprint density at radius 3 is 2.90 bits per heavy atom. The Balaban J connectivity index is 1.91. The summed E-state index contributed by atoms with van der Waals surface area (Å²) in [6.45, 7) is 0.643. The van der Waals surface area contributed by atoms with Gasteiger partial charge in [0, 0.05) is 11.6 Å². The minimum atomic E-state index is 0.0203. The standard InChI is InChI=1S/C16H19N3O2/c17-16(19-20)13-10-18-14-7-2-1-6-12(14)15(13)21-9-8-11-4-3-5-11/h1-2,6-7,10-11,20H,3-5,8-9H2,(H2,17,19). The number of amidine groups is 1. The van der Waals surface area contributed by atoms with Gasteiger partial charge in [-0.3, -0.25) is 4.98 Å². The average molecular weight is 285 g/mol. The largest absolute Gasteiger partial charge is 0.492 e. The number of nitrogens with two attached hydrogens (primary N) is 1. The molecule has 0 radical (unpaired) electrons. The van der Waals surface area contributed by atoms with Crippen LogP contribution in [0.25, 0.3) is 10.9 Å². The number of oxime groups is 1. The summed E-state index contributed by atoms with van der Waals surface area (Å²) in [4.78, 5) is 4.33. The molecule has 3 rings (SSSR count). The molecule has 2 aromatic rings. The van der Waals surface area contributed by atoms with Gasteiger partial charge < -0.3 is 15.7 Å². The van der Waals surface area contributed by atoms with Gasteiger partial charge in [-0.2, -0.15) is 0 Å². The fourth-order valence-corrected chi connectivity index (χ4v) is 2.62. The topological polar surface area (TPSA) is 80.7 Å². The SMILES string of the molecule is N/C(=N/O)c1cnc2ccccc2c1OCCC1CCC1. The van der Waals surface area contributed by atoms with Gasteiger partial charge in [0.1, 0.15) is 5.75 Å². The first-order valence-electron chi connectivity index (χ1n) is 7.28. The van der Waals surface area contributed by atoms with E-state index in [4.69, 9.17) is 15.7 Å². The first-order valence-corrected chi connectivity index (χ1v) is 7.28. The molecule has 110 valence electrons. The molecule has 0 atom stereocenters. The van der Waals surface area contributed by atoms with Crippen LogP contribution in [-0.2, 0) is 0 Å². The van der Waals surface area contributed by atoms with Crippen LogP contribution in [0.15, 0.2) is 35.6 Å². The molecule has 1 heterocycles. The summed E-state index contributed by atoms with van der Waals surface area (Å²) in [5, 5.41) is 12.9. The molecule has 0 amide bonds. The van der Waals surface area contributed by atoms with Gasteiger partial charge in [0.2, 0.25) is 0 Å². The maximum absolute atomic E-state index is 8.93. The maximum atomic E-state index is 8.93. The number of fused-ring (bicyclic) bond motifs is 1. The molecule has 0 bridgehead atoms. The van der Waals surface area contributed by atoms with Gasteiger partial charge in [-0.1, -0.05) is 36.6 Å². The molecule has 1 aromatic heterocycles. The molecule has 1 saturated carbocycles. The fourth-order valence-electron chi connectivity index (χ4n) is 2.62. The average Bonchev–Trinajstić information content (AvgIpc) is 2.48. The summed E-state index contributed by atoms with van der Waals surface area (Å²) in [7, 11) is 0. The summed E-state index contributed by atoms with van der Waals surface area (Å²) >= 11 is 0. The highest BCUT2D eigenvalue weighted by Gasteiger charge is 2.18. The maximum Gasteiger partial charge on any atom is 0.175 e. The monoisotopic (exact) mass is 285 g/mol. The van der Waals surface area contributed by atoms with E-state index < -0.39 is 0 Å². The summed E-state index contributed by atoms with van der Waals surface area (Å²) in [6, 6.07) is 7.72. The molecule has 3 N–H and O–H groups in total. The van der Waals surface area contributed by atoms with Crippen molar-refractivity contribution in [3.05, 3.63) is 36.0 Å². The number of para-hydroxylation sites is 1. The second-order valence-electron chi connectivity index (χ2n) is 5.44. The second-order valence-corrected chi connectivity index (χ2v) is 5.44. The van der Waals surface area contributed by atoms with Gasteiger partial charge >= 0.3 is 0 Å². The van der Waals surface area contributed by atoms with E-state index in [0.717, 1.165) is 23.2 Å². The highest BCUT2D eigenvalue weighted by molar-refractivity contribution is 6.04. The van der Waals surface area contributed by atoms with Gasteiger partial charge in [-0.25, -0.2) is 0 Å². The lowest BCUT2D eigenvalue weighted by Gasteiger charge is -2.25. The van der Waals surface area contributed by atoms with E-state index in [1.54, 1.807) is 6.20 Å². The molecule has 1 aromatic carbocycles. The second kappa shape index (κ2) is 5.99. The summed E-state index contributed by atoms with van der Waals surface area (Å²) in [6.07, 6.45) is 6.57. The lowest BCUT2D eigenvalue weighted by Crippen LogP contribution is -2.18. The lowest BCUT2D eigenvalue weighted by molar-refractivity contribution is 0.223. The fraction of sp³-hybridized carbons (Fsp3) is 0.375. The molecular weight excluding hydrogens is 266 g/mol. The van der Waals surface area contributed by atoms with Gasteiger partial charge in [-0.15, -0.1) is 0 Å². The number of hydrogen-bond donors (Lipinski definition) is 2. The van der Waals surface area contributed by atoms with Crippen molar-refractivity contribution in [3.8, 4) is 5.75 Å². The molecule has 5 heteroatoms. The number of rotatable bonds is 5. The number of hydrogen-bond acceptors (Lipinski definition) is 4.